The first-order valence-corrected chi connectivity index (χ1v) is 13.5. The number of fused-ring (bicyclic) bond motifs is 3. The third-order valence-electron chi connectivity index (χ3n) is 7.41. The van der Waals surface area contributed by atoms with Crippen molar-refractivity contribution in [2.75, 3.05) is 22.8 Å². The summed E-state index contributed by atoms with van der Waals surface area (Å²) in [6, 6.07) is 9.13. The first kappa shape index (κ1) is 23.4. The van der Waals surface area contributed by atoms with Crippen LogP contribution in [0.2, 0.25) is 5.02 Å². The van der Waals surface area contributed by atoms with Gasteiger partial charge in [-0.1, -0.05) is 43.9 Å². The molecule has 2 aromatic rings. The molecule has 2 bridgehead atoms. The van der Waals surface area contributed by atoms with Gasteiger partial charge in [0.2, 0.25) is 5.91 Å². The van der Waals surface area contributed by atoms with Crippen molar-refractivity contribution >= 4 is 39.2 Å². The number of amides is 1. The summed E-state index contributed by atoms with van der Waals surface area (Å²) in [5.74, 6) is 1.95. The smallest absolute Gasteiger partial charge is 0.265 e. The van der Waals surface area contributed by atoms with E-state index in [0.717, 1.165) is 4.31 Å². The van der Waals surface area contributed by atoms with Crippen molar-refractivity contribution in [3.63, 3.8) is 0 Å². The number of nitrogens with zero attached hydrogens (tertiary/aromatic N) is 2. The SMILES string of the molecule is C[C@H](C(=O)Nc1ccc2c(n1)N(S(=O)(=O)c1cccc(Cl)c1)C[C@H](CO)O2)C1C2CCCC1C2. The third kappa shape index (κ3) is 4.14. The number of anilines is 2. The molecule has 0 radical (unpaired) electrons. The van der Waals surface area contributed by atoms with Crippen LogP contribution in [-0.4, -0.2) is 43.7 Å². The van der Waals surface area contributed by atoms with E-state index in [1.807, 2.05) is 6.92 Å². The quantitative estimate of drug-likeness (QED) is 0.619. The number of benzene rings is 1. The summed E-state index contributed by atoms with van der Waals surface area (Å²) in [6.45, 7) is 1.49. The van der Waals surface area contributed by atoms with E-state index in [9.17, 15) is 18.3 Å². The molecule has 5 rings (SSSR count). The number of pyridine rings is 1. The van der Waals surface area contributed by atoms with Gasteiger partial charge in [-0.05, 0) is 54.5 Å². The zero-order valence-corrected chi connectivity index (χ0v) is 20.4. The fourth-order valence-electron chi connectivity index (χ4n) is 5.71. The van der Waals surface area contributed by atoms with Crippen molar-refractivity contribution in [3.8, 4) is 5.75 Å². The third-order valence-corrected chi connectivity index (χ3v) is 9.40. The number of nitrogens with one attached hydrogen (secondary N) is 1. The lowest BCUT2D eigenvalue weighted by Gasteiger charge is -2.51. The molecule has 1 aromatic carbocycles. The Bertz CT molecular complexity index is 1190. The highest BCUT2D eigenvalue weighted by Gasteiger charge is 2.47. The molecule has 2 N–H and O–H groups in total. The van der Waals surface area contributed by atoms with E-state index >= 15 is 0 Å². The average molecular weight is 506 g/mol. The predicted octanol–water partition coefficient (Wildman–Crippen LogP) is 3.69. The molecule has 2 aliphatic carbocycles. The Morgan fingerprint density at radius 3 is 2.74 bits per heavy atom. The van der Waals surface area contributed by atoms with Gasteiger partial charge in [0.05, 0.1) is 18.0 Å². The highest BCUT2D eigenvalue weighted by molar-refractivity contribution is 7.92. The number of carbonyl (C=O) groups is 1. The van der Waals surface area contributed by atoms with Gasteiger partial charge in [0.1, 0.15) is 11.9 Å². The van der Waals surface area contributed by atoms with Crippen molar-refractivity contribution in [2.45, 2.75) is 43.6 Å². The van der Waals surface area contributed by atoms with Gasteiger partial charge in [-0.15, -0.1) is 0 Å². The lowest BCUT2D eigenvalue weighted by molar-refractivity contribution is -0.127. The number of halogens is 1. The number of sulfonamides is 1. The molecule has 0 saturated heterocycles. The minimum atomic E-state index is -4.04. The molecule has 4 atom stereocenters. The maximum atomic E-state index is 13.5. The first-order chi connectivity index (χ1) is 16.3. The van der Waals surface area contributed by atoms with Crippen LogP contribution in [0.1, 0.15) is 32.6 Å². The summed E-state index contributed by atoms with van der Waals surface area (Å²) in [5, 5.41) is 12.8. The van der Waals surface area contributed by atoms with Gasteiger partial charge in [-0.2, -0.15) is 0 Å². The number of ether oxygens (including phenoxy) is 1. The Morgan fingerprint density at radius 2 is 2.06 bits per heavy atom. The Morgan fingerprint density at radius 1 is 1.29 bits per heavy atom. The topological polar surface area (TPSA) is 109 Å². The Hall–Kier alpha value is -2.36. The van der Waals surface area contributed by atoms with Gasteiger partial charge in [-0.3, -0.25) is 4.79 Å². The molecule has 3 aliphatic rings. The molecule has 182 valence electrons. The molecule has 10 heteroatoms. The van der Waals surface area contributed by atoms with Crippen molar-refractivity contribution < 1.29 is 23.1 Å². The number of carbonyl (C=O) groups excluding carboxylic acids is 1. The molecule has 34 heavy (non-hydrogen) atoms. The number of aliphatic hydroxyl groups excluding tert-OH is 1. The molecular formula is C24H28ClN3O5S. The van der Waals surface area contributed by atoms with Crippen LogP contribution < -0.4 is 14.4 Å². The average Bonchev–Trinajstić information content (AvgIpc) is 2.83. The van der Waals surface area contributed by atoms with Crippen LogP contribution in [0.15, 0.2) is 41.3 Å². The fraction of sp³-hybridized carbons (Fsp3) is 0.500. The van der Waals surface area contributed by atoms with Crippen LogP contribution >= 0.6 is 11.6 Å². The molecule has 1 aromatic heterocycles. The lowest BCUT2D eigenvalue weighted by atomic mass is 9.53. The summed E-state index contributed by atoms with van der Waals surface area (Å²) in [7, 11) is -4.04. The van der Waals surface area contributed by atoms with Crippen molar-refractivity contribution in [1.82, 2.24) is 4.98 Å². The van der Waals surface area contributed by atoms with Gasteiger partial charge in [0.15, 0.2) is 11.6 Å². The molecule has 8 nitrogen and oxygen atoms in total. The van der Waals surface area contributed by atoms with E-state index in [-0.39, 0.29) is 52.3 Å². The minimum Gasteiger partial charge on any atom is -0.482 e. The highest BCUT2D eigenvalue weighted by Crippen LogP contribution is 2.54. The fourth-order valence-corrected chi connectivity index (χ4v) is 7.47. The second-order valence-corrected chi connectivity index (χ2v) is 11.8. The molecule has 2 heterocycles. The zero-order chi connectivity index (χ0) is 24.0. The molecule has 2 unspecified atom stereocenters. The zero-order valence-electron chi connectivity index (χ0n) is 18.9. The number of rotatable bonds is 6. The van der Waals surface area contributed by atoms with Gasteiger partial charge in [0.25, 0.3) is 10.0 Å². The van der Waals surface area contributed by atoms with Gasteiger partial charge in [-0.25, -0.2) is 17.7 Å². The summed E-state index contributed by atoms with van der Waals surface area (Å²) in [4.78, 5) is 17.5. The van der Waals surface area contributed by atoms with Gasteiger partial charge < -0.3 is 15.2 Å². The van der Waals surface area contributed by atoms with E-state index in [0.29, 0.717) is 17.8 Å². The number of aliphatic hydroxyl groups is 1. The molecule has 2 saturated carbocycles. The van der Waals surface area contributed by atoms with Crippen LogP contribution in [0, 0.1) is 23.7 Å². The Labute approximate surface area is 204 Å². The van der Waals surface area contributed by atoms with E-state index in [1.165, 1.54) is 37.8 Å². The van der Waals surface area contributed by atoms with Crippen LogP contribution in [0.4, 0.5) is 11.6 Å². The normalized spacial score (nSPS) is 26.6. The number of hydrogen-bond acceptors (Lipinski definition) is 6. The Kier molecular flexibility index (Phi) is 6.20. The largest absolute Gasteiger partial charge is 0.482 e. The molecule has 1 amide bonds. The Balaban J connectivity index is 1.42. The molecule has 2 fully saturated rings. The van der Waals surface area contributed by atoms with Gasteiger partial charge >= 0.3 is 0 Å². The summed E-state index contributed by atoms with van der Waals surface area (Å²) in [5.41, 5.74) is 0. The van der Waals surface area contributed by atoms with Crippen molar-refractivity contribution in [3.05, 3.63) is 41.4 Å². The maximum absolute atomic E-state index is 13.5. The van der Waals surface area contributed by atoms with Gasteiger partial charge in [0, 0.05) is 10.9 Å². The van der Waals surface area contributed by atoms with E-state index in [2.05, 4.69) is 10.3 Å². The summed E-state index contributed by atoms with van der Waals surface area (Å²) >= 11 is 6.02. The standard InChI is InChI=1S/C24H28ClN3O5S/c1-14(22-15-4-2-5-16(22)10-15)24(30)27-21-9-8-20-23(26-21)28(12-18(13-29)33-20)34(31,32)19-7-3-6-17(25)11-19/h3,6-9,11,14-16,18,22,29H,2,4-5,10,12-13H2,1H3,(H,26,27,30)/t14-,15?,16?,18+,22?/m0/s1. The van der Waals surface area contributed by atoms with Crippen molar-refractivity contribution in [1.29, 1.82) is 0 Å². The molecule has 0 spiro atoms. The second kappa shape index (κ2) is 9.02. The number of aromatic nitrogens is 1. The second-order valence-electron chi connectivity index (χ2n) is 9.48. The first-order valence-electron chi connectivity index (χ1n) is 11.7. The van der Waals surface area contributed by atoms with Crippen LogP contribution in [0.3, 0.4) is 0 Å². The predicted molar refractivity (Wildman–Crippen MR) is 128 cm³/mol. The van der Waals surface area contributed by atoms with E-state index in [4.69, 9.17) is 16.3 Å². The summed E-state index contributed by atoms with van der Waals surface area (Å²) in [6.07, 6.45) is 4.10. The lowest BCUT2D eigenvalue weighted by Crippen LogP contribution is -2.47. The molecular weight excluding hydrogens is 478 g/mol. The van der Waals surface area contributed by atoms with Crippen LogP contribution in [-0.2, 0) is 14.8 Å². The monoisotopic (exact) mass is 505 g/mol. The molecule has 1 aliphatic heterocycles. The van der Waals surface area contributed by atoms with Crippen LogP contribution in [0.5, 0.6) is 5.75 Å². The minimum absolute atomic E-state index is 0.00549. The van der Waals surface area contributed by atoms with E-state index in [1.54, 1.807) is 24.3 Å². The van der Waals surface area contributed by atoms with Crippen molar-refractivity contribution in [2.24, 2.45) is 23.7 Å². The highest BCUT2D eigenvalue weighted by atomic mass is 35.5. The number of hydrogen-bond donors (Lipinski definition) is 2. The summed E-state index contributed by atoms with van der Waals surface area (Å²) < 4.78 is 33.7. The maximum Gasteiger partial charge on any atom is 0.265 e. The van der Waals surface area contributed by atoms with E-state index < -0.39 is 16.1 Å². The van der Waals surface area contributed by atoms with Crippen LogP contribution in [0.25, 0.3) is 0 Å².